The highest BCUT2D eigenvalue weighted by Crippen LogP contribution is 2.44. The second kappa shape index (κ2) is 7.37. The van der Waals surface area contributed by atoms with Crippen LogP contribution in [0.5, 0.6) is 0 Å². The molecule has 0 aromatic heterocycles. The lowest BCUT2D eigenvalue weighted by molar-refractivity contribution is 1.29. The number of hydrogen-bond donors (Lipinski definition) is 0. The molecule has 0 heterocycles. The summed E-state index contributed by atoms with van der Waals surface area (Å²) in [7, 11) is 0. The van der Waals surface area contributed by atoms with Crippen molar-refractivity contribution in [3.05, 3.63) is 113 Å². The molecule has 0 atom stereocenters. The first-order valence-electron chi connectivity index (χ1n) is 10.5. The molecule has 3 heteroatoms. The monoisotopic (exact) mass is 472 g/mol. The van der Waals surface area contributed by atoms with Crippen molar-refractivity contribution in [2.24, 2.45) is 0 Å². The van der Waals surface area contributed by atoms with Crippen molar-refractivity contribution in [3.63, 3.8) is 0 Å². The van der Waals surface area contributed by atoms with Gasteiger partial charge in [0.25, 0.3) is 0 Å². The van der Waals surface area contributed by atoms with E-state index in [1.54, 1.807) is 0 Å². The molecule has 2 nitrogen and oxygen atoms in total. The quantitative estimate of drug-likeness (QED) is 0.241. The lowest BCUT2D eigenvalue weighted by Gasteiger charge is -2.27. The van der Waals surface area contributed by atoms with Crippen LogP contribution in [0.1, 0.15) is 5.56 Å². The molecule has 150 valence electrons. The second-order valence-electron chi connectivity index (χ2n) is 7.89. The first-order valence-corrected chi connectivity index (χ1v) is 11.3. The van der Waals surface area contributed by atoms with E-state index in [9.17, 15) is 5.26 Å². The normalized spacial score (nSPS) is 11.2. The highest BCUT2D eigenvalue weighted by Gasteiger charge is 2.18. The van der Waals surface area contributed by atoms with E-state index in [0.29, 0.717) is 5.56 Å². The molecule has 0 aliphatic rings. The van der Waals surface area contributed by atoms with Crippen molar-refractivity contribution >= 4 is 65.3 Å². The van der Waals surface area contributed by atoms with E-state index in [1.165, 1.54) is 32.3 Å². The predicted octanol–water partition coefficient (Wildman–Crippen LogP) is 8.69. The summed E-state index contributed by atoms with van der Waals surface area (Å²) in [6.07, 6.45) is 0. The SMILES string of the molecule is N#Cc1cccc(N(c2ccccc2)c2ccc3ccc4c(Br)ccc5ccc2c3c54)c1. The Labute approximate surface area is 194 Å². The molecule has 0 N–H and O–H groups in total. The molecule has 0 aliphatic carbocycles. The van der Waals surface area contributed by atoms with Crippen molar-refractivity contribution in [2.45, 2.75) is 0 Å². The third-order valence-corrected chi connectivity index (χ3v) is 6.77. The van der Waals surface area contributed by atoms with Crippen molar-refractivity contribution in [1.29, 1.82) is 5.26 Å². The maximum atomic E-state index is 9.50. The van der Waals surface area contributed by atoms with Gasteiger partial charge in [0, 0.05) is 21.2 Å². The van der Waals surface area contributed by atoms with Crippen LogP contribution in [0.3, 0.4) is 0 Å². The third-order valence-electron chi connectivity index (χ3n) is 6.08. The number of nitriles is 1. The lowest BCUT2D eigenvalue weighted by Crippen LogP contribution is -2.10. The van der Waals surface area contributed by atoms with Crippen molar-refractivity contribution < 1.29 is 0 Å². The highest BCUT2D eigenvalue weighted by atomic mass is 79.9. The van der Waals surface area contributed by atoms with Crippen LogP contribution < -0.4 is 4.90 Å². The fraction of sp³-hybridized carbons (Fsp3) is 0. The average molecular weight is 473 g/mol. The van der Waals surface area contributed by atoms with Gasteiger partial charge in [-0.05, 0) is 69.4 Å². The topological polar surface area (TPSA) is 27.0 Å². The molecule has 0 aliphatic heterocycles. The van der Waals surface area contributed by atoms with E-state index in [0.717, 1.165) is 21.5 Å². The highest BCUT2D eigenvalue weighted by molar-refractivity contribution is 9.10. The van der Waals surface area contributed by atoms with Gasteiger partial charge in [-0.3, -0.25) is 0 Å². The smallest absolute Gasteiger partial charge is 0.0992 e. The molecule has 6 aromatic carbocycles. The minimum atomic E-state index is 0.644. The maximum absolute atomic E-state index is 9.50. The van der Waals surface area contributed by atoms with E-state index in [4.69, 9.17) is 0 Å². The van der Waals surface area contributed by atoms with Crippen molar-refractivity contribution in [2.75, 3.05) is 4.90 Å². The Morgan fingerprint density at radius 1 is 0.625 bits per heavy atom. The van der Waals surface area contributed by atoms with Gasteiger partial charge in [0.15, 0.2) is 0 Å². The lowest BCUT2D eigenvalue weighted by atomic mass is 9.93. The Morgan fingerprint density at radius 3 is 2.06 bits per heavy atom. The summed E-state index contributed by atoms with van der Waals surface area (Å²) in [6.45, 7) is 0. The average Bonchev–Trinajstić information content (AvgIpc) is 2.85. The molecular weight excluding hydrogens is 456 g/mol. The fourth-order valence-electron chi connectivity index (χ4n) is 4.66. The van der Waals surface area contributed by atoms with Gasteiger partial charge in [-0.15, -0.1) is 0 Å². The van der Waals surface area contributed by atoms with Gasteiger partial charge in [0.2, 0.25) is 0 Å². The fourth-order valence-corrected chi connectivity index (χ4v) is 5.13. The molecule has 6 rings (SSSR count). The summed E-state index contributed by atoms with van der Waals surface area (Å²) in [5.41, 5.74) is 3.75. The van der Waals surface area contributed by atoms with Gasteiger partial charge in [0.1, 0.15) is 0 Å². The first-order chi connectivity index (χ1) is 15.7. The van der Waals surface area contributed by atoms with Gasteiger partial charge >= 0.3 is 0 Å². The molecule has 0 bridgehead atoms. The van der Waals surface area contributed by atoms with Gasteiger partial charge in [-0.1, -0.05) is 76.6 Å². The number of benzene rings is 6. The minimum absolute atomic E-state index is 0.644. The van der Waals surface area contributed by atoms with Crippen LogP contribution in [0.2, 0.25) is 0 Å². The maximum Gasteiger partial charge on any atom is 0.0992 e. The number of anilines is 3. The minimum Gasteiger partial charge on any atom is -0.310 e. The van der Waals surface area contributed by atoms with Crippen LogP contribution in [0, 0.1) is 11.3 Å². The standard InChI is InChI=1S/C29H17BrN2/c30-26-15-11-20-10-14-25-27(16-12-21-9-13-24(26)28(20)29(21)25)32(22-6-2-1-3-7-22)23-8-4-5-19(17-23)18-31/h1-17H. The van der Waals surface area contributed by atoms with Crippen LogP contribution in [0.4, 0.5) is 17.1 Å². The molecule has 0 saturated heterocycles. The third kappa shape index (κ3) is 2.85. The Bertz CT molecular complexity index is 1650. The number of hydrogen-bond acceptors (Lipinski definition) is 2. The van der Waals surface area contributed by atoms with E-state index in [-0.39, 0.29) is 0 Å². The molecule has 0 amide bonds. The molecule has 0 spiro atoms. The van der Waals surface area contributed by atoms with Crippen LogP contribution in [0.25, 0.3) is 32.3 Å². The van der Waals surface area contributed by atoms with Crippen LogP contribution >= 0.6 is 15.9 Å². The molecule has 0 radical (unpaired) electrons. The number of para-hydroxylation sites is 1. The molecule has 32 heavy (non-hydrogen) atoms. The zero-order valence-corrected chi connectivity index (χ0v) is 18.7. The van der Waals surface area contributed by atoms with E-state index < -0.39 is 0 Å². The summed E-state index contributed by atoms with van der Waals surface area (Å²) in [4.78, 5) is 2.24. The summed E-state index contributed by atoms with van der Waals surface area (Å²) < 4.78 is 1.10. The van der Waals surface area contributed by atoms with E-state index in [1.807, 2.05) is 36.4 Å². The zero-order chi connectivity index (χ0) is 21.7. The molecule has 0 fully saturated rings. The number of nitrogens with zero attached hydrogens (tertiary/aromatic N) is 2. The van der Waals surface area contributed by atoms with Gasteiger partial charge in [-0.2, -0.15) is 5.26 Å². The molecule has 6 aromatic rings. The molecule has 0 saturated carbocycles. The summed E-state index contributed by atoms with van der Waals surface area (Å²) in [6, 6.07) is 37.9. The van der Waals surface area contributed by atoms with Crippen molar-refractivity contribution in [1.82, 2.24) is 0 Å². The number of halogens is 1. The first kappa shape index (κ1) is 18.9. The Kier molecular flexibility index (Phi) is 4.35. The predicted molar refractivity (Wildman–Crippen MR) is 137 cm³/mol. The Hall–Kier alpha value is -3.87. The summed E-state index contributed by atoms with van der Waals surface area (Å²) in [5.74, 6) is 0. The van der Waals surface area contributed by atoms with Gasteiger partial charge in [0.05, 0.1) is 17.3 Å². The molecular formula is C29H17BrN2. The van der Waals surface area contributed by atoms with Crippen LogP contribution in [-0.2, 0) is 0 Å². The Balaban J connectivity index is 1.72. The largest absolute Gasteiger partial charge is 0.310 e. The second-order valence-corrected chi connectivity index (χ2v) is 8.74. The van der Waals surface area contributed by atoms with Gasteiger partial charge < -0.3 is 4.90 Å². The van der Waals surface area contributed by atoms with E-state index >= 15 is 0 Å². The summed E-state index contributed by atoms with van der Waals surface area (Å²) >= 11 is 3.74. The zero-order valence-electron chi connectivity index (χ0n) is 17.1. The van der Waals surface area contributed by atoms with Crippen LogP contribution in [-0.4, -0.2) is 0 Å². The van der Waals surface area contributed by atoms with Crippen LogP contribution in [0.15, 0.2) is 108 Å². The van der Waals surface area contributed by atoms with Gasteiger partial charge in [-0.25, -0.2) is 0 Å². The summed E-state index contributed by atoms with van der Waals surface area (Å²) in [5, 5.41) is 16.9. The Morgan fingerprint density at radius 2 is 1.28 bits per heavy atom. The van der Waals surface area contributed by atoms with Crippen molar-refractivity contribution in [3.8, 4) is 6.07 Å². The number of rotatable bonds is 3. The molecule has 0 unspecified atom stereocenters. The van der Waals surface area contributed by atoms with E-state index in [2.05, 4.69) is 93.6 Å².